The van der Waals surface area contributed by atoms with Crippen molar-refractivity contribution in [3.63, 3.8) is 0 Å². The number of aryl methyl sites for hydroxylation is 1. The zero-order valence-electron chi connectivity index (χ0n) is 8.79. The molecule has 3 N–H and O–H groups in total. The molecule has 0 saturated carbocycles. The molecule has 2 aromatic heterocycles. The van der Waals surface area contributed by atoms with Gasteiger partial charge in [0.2, 0.25) is 11.1 Å². The normalized spacial score (nSPS) is 10.8. The molecule has 0 radical (unpaired) electrons. The highest BCUT2D eigenvalue weighted by Gasteiger charge is 2.08. The van der Waals surface area contributed by atoms with Crippen LogP contribution < -0.4 is 5.73 Å². The fourth-order valence-corrected chi connectivity index (χ4v) is 1.90. The second-order valence-corrected chi connectivity index (χ2v) is 4.05. The summed E-state index contributed by atoms with van der Waals surface area (Å²) in [5, 5.41) is 18.6. The van der Waals surface area contributed by atoms with Crippen LogP contribution in [0.5, 0.6) is 0 Å². The number of anilines is 1. The maximum atomic E-state index is 5.42. The topological polar surface area (TPSA) is 111 Å². The van der Waals surface area contributed by atoms with E-state index in [1.807, 2.05) is 0 Å². The molecule has 8 nitrogen and oxygen atoms in total. The average Bonchev–Trinajstić information content (AvgIpc) is 2.85. The van der Waals surface area contributed by atoms with Crippen molar-refractivity contribution in [2.45, 2.75) is 30.8 Å². The van der Waals surface area contributed by atoms with Crippen molar-refractivity contribution in [2.75, 3.05) is 5.73 Å². The van der Waals surface area contributed by atoms with Crippen LogP contribution in [0.1, 0.15) is 19.2 Å². The van der Waals surface area contributed by atoms with Crippen LogP contribution in [0.2, 0.25) is 0 Å². The van der Waals surface area contributed by atoms with Crippen molar-refractivity contribution >= 4 is 17.7 Å². The summed E-state index contributed by atoms with van der Waals surface area (Å²) in [5.74, 6) is 1.76. The number of nitrogen functional groups attached to an aromatic ring is 1. The number of rotatable bonds is 5. The second kappa shape index (κ2) is 4.92. The van der Waals surface area contributed by atoms with Gasteiger partial charge < -0.3 is 5.73 Å². The van der Waals surface area contributed by atoms with Gasteiger partial charge in [0.1, 0.15) is 0 Å². The third-order valence-electron chi connectivity index (χ3n) is 1.85. The number of nitrogens with zero attached hydrogens (tertiary/aromatic N) is 6. The summed E-state index contributed by atoms with van der Waals surface area (Å²) in [4.78, 5) is 3.98. The highest BCUT2D eigenvalue weighted by molar-refractivity contribution is 7.98. The van der Waals surface area contributed by atoms with Gasteiger partial charge in [0.15, 0.2) is 5.82 Å². The van der Waals surface area contributed by atoms with Gasteiger partial charge in [0.25, 0.3) is 0 Å². The molecule has 0 aliphatic carbocycles. The quantitative estimate of drug-likeness (QED) is 0.711. The highest BCUT2D eigenvalue weighted by Crippen LogP contribution is 2.17. The van der Waals surface area contributed by atoms with Crippen LogP contribution in [0.3, 0.4) is 0 Å². The van der Waals surface area contributed by atoms with E-state index in [9.17, 15) is 0 Å². The van der Waals surface area contributed by atoms with Crippen LogP contribution in [0.15, 0.2) is 5.16 Å². The summed E-state index contributed by atoms with van der Waals surface area (Å²) in [6.07, 6.45) is 0.996. The average molecular weight is 240 g/mol. The number of nitrogens with one attached hydrogen (secondary N) is 1. The van der Waals surface area contributed by atoms with E-state index in [0.29, 0.717) is 16.9 Å². The summed E-state index contributed by atoms with van der Waals surface area (Å²) in [6.45, 7) is 2.90. The van der Waals surface area contributed by atoms with Crippen molar-refractivity contribution in [1.29, 1.82) is 0 Å². The first-order chi connectivity index (χ1) is 7.79. The number of aromatic amines is 1. The lowest BCUT2D eigenvalue weighted by molar-refractivity contribution is 0.564. The number of tetrazole rings is 1. The molecule has 0 fully saturated rings. The van der Waals surface area contributed by atoms with E-state index in [0.717, 1.165) is 18.8 Å². The molecular formula is C7H12N8S. The maximum absolute atomic E-state index is 5.42. The van der Waals surface area contributed by atoms with Crippen LogP contribution in [0, 0.1) is 0 Å². The molecule has 0 aliphatic rings. The Balaban J connectivity index is 1.96. The van der Waals surface area contributed by atoms with Crippen LogP contribution >= 0.6 is 11.8 Å². The molecule has 2 rings (SSSR count). The van der Waals surface area contributed by atoms with Crippen molar-refractivity contribution in [3.8, 4) is 0 Å². The second-order valence-electron chi connectivity index (χ2n) is 3.11. The first-order valence-electron chi connectivity index (χ1n) is 4.85. The summed E-state index contributed by atoms with van der Waals surface area (Å²) in [6, 6.07) is 0. The molecule has 0 atom stereocenters. The fraction of sp³-hybridized carbons (Fsp3) is 0.571. The zero-order chi connectivity index (χ0) is 11.4. The van der Waals surface area contributed by atoms with E-state index >= 15 is 0 Å². The Morgan fingerprint density at radius 3 is 3.06 bits per heavy atom. The van der Waals surface area contributed by atoms with Gasteiger partial charge in [-0.3, -0.25) is 0 Å². The van der Waals surface area contributed by atoms with Crippen LogP contribution in [-0.4, -0.2) is 35.4 Å². The summed E-state index contributed by atoms with van der Waals surface area (Å²) in [5.41, 5.74) is 5.42. The minimum absolute atomic E-state index is 0.315. The van der Waals surface area contributed by atoms with Gasteiger partial charge in [-0.25, -0.2) is 9.78 Å². The van der Waals surface area contributed by atoms with E-state index in [-0.39, 0.29) is 0 Å². The lowest BCUT2D eigenvalue weighted by Crippen LogP contribution is -2.04. The van der Waals surface area contributed by atoms with E-state index in [1.165, 1.54) is 11.8 Å². The molecule has 9 heteroatoms. The third-order valence-corrected chi connectivity index (χ3v) is 2.70. The molecule has 0 saturated heterocycles. The Bertz CT molecular complexity index is 449. The summed E-state index contributed by atoms with van der Waals surface area (Å²) in [7, 11) is 0. The van der Waals surface area contributed by atoms with E-state index in [4.69, 9.17) is 5.73 Å². The van der Waals surface area contributed by atoms with Gasteiger partial charge in [-0.05, 0) is 16.8 Å². The number of aromatic nitrogens is 7. The predicted octanol–water partition coefficient (Wildman–Crippen LogP) is 0.0757. The lowest BCUT2D eigenvalue weighted by Gasteiger charge is -1.99. The smallest absolute Gasteiger partial charge is 0.216 e. The Hall–Kier alpha value is -1.64. The molecule has 0 aliphatic heterocycles. The third kappa shape index (κ3) is 2.48. The van der Waals surface area contributed by atoms with Crippen molar-refractivity contribution in [3.05, 3.63) is 5.82 Å². The Morgan fingerprint density at radius 1 is 1.50 bits per heavy atom. The highest BCUT2D eigenvalue weighted by atomic mass is 32.2. The largest absolute Gasteiger partial charge is 0.368 e. The molecule has 0 aromatic carbocycles. The van der Waals surface area contributed by atoms with Crippen LogP contribution in [-0.2, 0) is 12.3 Å². The molecule has 0 amide bonds. The van der Waals surface area contributed by atoms with Gasteiger partial charge in [-0.1, -0.05) is 18.7 Å². The van der Waals surface area contributed by atoms with E-state index < -0.39 is 0 Å². The number of nitrogens with two attached hydrogens (primary N) is 1. The first-order valence-corrected chi connectivity index (χ1v) is 5.84. The van der Waals surface area contributed by atoms with E-state index in [1.54, 1.807) is 4.68 Å². The molecule has 0 bridgehead atoms. The van der Waals surface area contributed by atoms with Crippen molar-refractivity contribution in [2.24, 2.45) is 0 Å². The minimum Gasteiger partial charge on any atom is -0.368 e. The monoisotopic (exact) mass is 240 g/mol. The minimum atomic E-state index is 0.315. The van der Waals surface area contributed by atoms with Gasteiger partial charge in [-0.15, -0.1) is 10.2 Å². The maximum Gasteiger partial charge on any atom is 0.216 e. The number of hydrogen-bond acceptors (Lipinski definition) is 7. The Morgan fingerprint density at radius 2 is 2.38 bits per heavy atom. The molecule has 2 aromatic rings. The SMILES string of the molecule is CCCn1nnnc1CSc1n[nH]c(N)n1. The summed E-state index contributed by atoms with van der Waals surface area (Å²) >= 11 is 1.44. The van der Waals surface area contributed by atoms with Gasteiger partial charge in [0, 0.05) is 6.54 Å². The molecular weight excluding hydrogens is 228 g/mol. The first kappa shape index (κ1) is 10.9. The molecule has 0 unspecified atom stereocenters. The fourth-order valence-electron chi connectivity index (χ4n) is 1.16. The number of hydrogen-bond donors (Lipinski definition) is 2. The molecule has 0 spiro atoms. The van der Waals surface area contributed by atoms with Gasteiger partial charge in [0.05, 0.1) is 5.75 Å². The van der Waals surface area contributed by atoms with Crippen molar-refractivity contribution in [1.82, 2.24) is 35.4 Å². The molecule has 16 heavy (non-hydrogen) atoms. The van der Waals surface area contributed by atoms with Gasteiger partial charge in [-0.2, -0.15) is 4.98 Å². The number of thioether (sulfide) groups is 1. The zero-order valence-corrected chi connectivity index (χ0v) is 9.61. The predicted molar refractivity (Wildman–Crippen MR) is 58.5 cm³/mol. The van der Waals surface area contributed by atoms with Crippen LogP contribution in [0.25, 0.3) is 0 Å². The standard InChI is InChI=1S/C7H12N8S/c1-2-3-15-5(10-13-14-15)4-16-7-9-6(8)11-12-7/h2-4H2,1H3,(H3,8,9,11,12). The Labute approximate surface area is 96.0 Å². The van der Waals surface area contributed by atoms with Crippen LogP contribution in [0.4, 0.5) is 5.95 Å². The molecule has 86 valence electrons. The van der Waals surface area contributed by atoms with Gasteiger partial charge >= 0.3 is 0 Å². The number of H-pyrrole nitrogens is 1. The van der Waals surface area contributed by atoms with Crippen molar-refractivity contribution < 1.29 is 0 Å². The van der Waals surface area contributed by atoms with E-state index in [2.05, 4.69) is 37.6 Å². The summed E-state index contributed by atoms with van der Waals surface area (Å²) < 4.78 is 1.78. The lowest BCUT2D eigenvalue weighted by atomic mass is 10.5. The Kier molecular flexibility index (Phi) is 3.34. The molecule has 2 heterocycles.